The van der Waals surface area contributed by atoms with Gasteiger partial charge in [-0.2, -0.15) is 0 Å². The lowest BCUT2D eigenvalue weighted by Gasteiger charge is -2.13. The Bertz CT molecular complexity index is 737. The van der Waals surface area contributed by atoms with Gasteiger partial charge in [0.1, 0.15) is 5.69 Å². The number of carbonyl (C=O) groups excluding carboxylic acids is 3. The molecule has 0 aliphatic carbocycles. The summed E-state index contributed by atoms with van der Waals surface area (Å²) < 4.78 is 5.37. The number of amides is 2. The number of rotatable bonds is 6. The highest BCUT2D eigenvalue weighted by Crippen LogP contribution is 2.23. The van der Waals surface area contributed by atoms with Crippen molar-refractivity contribution in [2.45, 2.75) is 26.3 Å². The maximum absolute atomic E-state index is 12.4. The Hall–Kier alpha value is -2.96. The first-order chi connectivity index (χ1) is 10.9. The predicted molar refractivity (Wildman–Crippen MR) is 82.4 cm³/mol. The number of nitrogens with two attached hydrogens (primary N) is 1. The van der Waals surface area contributed by atoms with E-state index in [0.717, 1.165) is 0 Å². The van der Waals surface area contributed by atoms with Crippen molar-refractivity contribution in [3.05, 3.63) is 42.0 Å². The number of hydrogen-bond acceptors (Lipinski definition) is 5. The first kappa shape index (κ1) is 16.4. The van der Waals surface area contributed by atoms with Gasteiger partial charge in [0.05, 0.1) is 6.04 Å². The molecule has 120 valence electrons. The van der Waals surface area contributed by atoms with E-state index in [4.69, 9.17) is 10.2 Å². The van der Waals surface area contributed by atoms with Gasteiger partial charge >= 0.3 is 0 Å². The second-order valence-corrected chi connectivity index (χ2v) is 4.94. The van der Waals surface area contributed by atoms with E-state index in [-0.39, 0.29) is 12.2 Å². The largest absolute Gasteiger partial charge is 0.435 e. The third-order valence-corrected chi connectivity index (χ3v) is 3.26. The van der Waals surface area contributed by atoms with Crippen molar-refractivity contribution in [3.8, 4) is 11.3 Å². The maximum Gasteiger partial charge on any atom is 0.289 e. The predicted octanol–water partition coefficient (Wildman–Crippen LogP) is 1.21. The lowest BCUT2D eigenvalue weighted by atomic mass is 10.1. The molecule has 0 spiro atoms. The van der Waals surface area contributed by atoms with E-state index < -0.39 is 23.6 Å². The van der Waals surface area contributed by atoms with Crippen molar-refractivity contribution >= 4 is 17.6 Å². The van der Waals surface area contributed by atoms with Crippen LogP contribution in [0, 0.1) is 6.92 Å². The molecule has 1 unspecified atom stereocenters. The van der Waals surface area contributed by atoms with Crippen LogP contribution in [-0.2, 0) is 9.59 Å². The first-order valence-electron chi connectivity index (χ1n) is 7.11. The average Bonchev–Trinajstić information content (AvgIpc) is 2.94. The van der Waals surface area contributed by atoms with Crippen LogP contribution in [-0.4, -0.2) is 28.6 Å². The molecule has 0 saturated heterocycles. The molecule has 1 aromatic carbocycles. The number of Topliss-reactive ketones (excluding diaryl/α,β-unsaturated/α-hetero) is 1. The molecule has 0 bridgehead atoms. The number of hydrogen-bond donors (Lipinski definition) is 2. The fourth-order valence-electron chi connectivity index (χ4n) is 2.12. The molecule has 2 aromatic rings. The van der Waals surface area contributed by atoms with Crippen molar-refractivity contribution in [1.82, 2.24) is 10.3 Å². The summed E-state index contributed by atoms with van der Waals surface area (Å²) in [6.45, 7) is 3.28. The van der Waals surface area contributed by atoms with Crippen LogP contribution in [0.4, 0.5) is 0 Å². The standard InChI is InChI=1S/C16H17N3O4/c1-3-11(13(20)15(17)21)19-16(22)14-12(18-9(2)23-14)10-7-5-4-6-8-10/h4-8,11H,3H2,1-2H3,(H2,17,21)(H,19,22). The molecule has 2 amide bonds. The normalized spacial score (nSPS) is 11.7. The number of primary amides is 1. The second kappa shape index (κ2) is 6.87. The summed E-state index contributed by atoms with van der Waals surface area (Å²) in [4.78, 5) is 39.3. The summed E-state index contributed by atoms with van der Waals surface area (Å²) in [6.07, 6.45) is 0.237. The van der Waals surface area contributed by atoms with Crippen molar-refractivity contribution < 1.29 is 18.8 Å². The van der Waals surface area contributed by atoms with Crippen molar-refractivity contribution in [2.75, 3.05) is 0 Å². The number of carbonyl (C=O) groups is 3. The first-order valence-corrected chi connectivity index (χ1v) is 7.11. The Morgan fingerprint density at radius 1 is 1.26 bits per heavy atom. The van der Waals surface area contributed by atoms with Gasteiger partial charge in [-0.3, -0.25) is 14.4 Å². The molecule has 3 N–H and O–H groups in total. The van der Waals surface area contributed by atoms with Gasteiger partial charge in [-0.05, 0) is 6.42 Å². The summed E-state index contributed by atoms with van der Waals surface area (Å²) in [7, 11) is 0. The van der Waals surface area contributed by atoms with Crippen LogP contribution in [0.3, 0.4) is 0 Å². The maximum atomic E-state index is 12.4. The number of ketones is 1. The van der Waals surface area contributed by atoms with Crippen LogP contribution in [0.1, 0.15) is 29.8 Å². The SMILES string of the molecule is CCC(NC(=O)c1oc(C)nc1-c1ccccc1)C(=O)C(N)=O. The van der Waals surface area contributed by atoms with Gasteiger partial charge in [-0.25, -0.2) is 4.98 Å². The van der Waals surface area contributed by atoms with Crippen LogP contribution in [0.5, 0.6) is 0 Å². The van der Waals surface area contributed by atoms with Gasteiger partial charge in [0.15, 0.2) is 5.89 Å². The van der Waals surface area contributed by atoms with E-state index in [0.29, 0.717) is 17.1 Å². The zero-order valence-corrected chi connectivity index (χ0v) is 12.8. The lowest BCUT2D eigenvalue weighted by Crippen LogP contribution is -2.45. The molecular formula is C16H17N3O4. The van der Waals surface area contributed by atoms with E-state index in [2.05, 4.69) is 10.3 Å². The summed E-state index contributed by atoms with van der Waals surface area (Å²) >= 11 is 0. The molecule has 0 fully saturated rings. The smallest absolute Gasteiger partial charge is 0.289 e. The Labute approximate surface area is 132 Å². The molecule has 7 heteroatoms. The zero-order chi connectivity index (χ0) is 17.0. The number of oxazole rings is 1. The molecular weight excluding hydrogens is 298 g/mol. The number of aromatic nitrogens is 1. The highest BCUT2D eigenvalue weighted by atomic mass is 16.4. The van der Waals surface area contributed by atoms with Crippen LogP contribution in [0.25, 0.3) is 11.3 Å². The summed E-state index contributed by atoms with van der Waals surface area (Å²) in [6, 6.07) is 8.06. The minimum atomic E-state index is -1.09. The van der Waals surface area contributed by atoms with Crippen molar-refractivity contribution in [1.29, 1.82) is 0 Å². The number of nitrogens with one attached hydrogen (secondary N) is 1. The molecule has 0 saturated carbocycles. The van der Waals surface area contributed by atoms with Gasteiger partial charge in [0.2, 0.25) is 11.5 Å². The molecule has 1 aromatic heterocycles. The summed E-state index contributed by atoms with van der Waals surface area (Å²) in [5.74, 6) is -2.24. The third kappa shape index (κ3) is 3.63. The molecule has 1 atom stereocenters. The fourth-order valence-corrected chi connectivity index (χ4v) is 2.12. The minimum absolute atomic E-state index is 0.00980. The molecule has 0 aliphatic heterocycles. The van der Waals surface area contributed by atoms with Gasteiger partial charge in [-0.1, -0.05) is 37.3 Å². The monoisotopic (exact) mass is 315 g/mol. The third-order valence-electron chi connectivity index (χ3n) is 3.26. The Kier molecular flexibility index (Phi) is 4.90. The molecule has 1 heterocycles. The van der Waals surface area contributed by atoms with Crippen molar-refractivity contribution in [3.63, 3.8) is 0 Å². The quantitative estimate of drug-likeness (QED) is 0.777. The molecule has 0 radical (unpaired) electrons. The second-order valence-electron chi connectivity index (χ2n) is 4.94. The molecule has 7 nitrogen and oxygen atoms in total. The Balaban J connectivity index is 2.30. The van der Waals surface area contributed by atoms with Gasteiger partial charge < -0.3 is 15.5 Å². The Morgan fingerprint density at radius 2 is 1.91 bits per heavy atom. The van der Waals surface area contributed by atoms with E-state index in [1.807, 2.05) is 18.2 Å². The molecule has 23 heavy (non-hydrogen) atoms. The molecule has 2 rings (SSSR count). The fraction of sp³-hybridized carbons (Fsp3) is 0.250. The Morgan fingerprint density at radius 3 is 2.48 bits per heavy atom. The number of benzene rings is 1. The van der Waals surface area contributed by atoms with Crippen LogP contribution in [0.15, 0.2) is 34.7 Å². The van der Waals surface area contributed by atoms with Crippen LogP contribution < -0.4 is 11.1 Å². The zero-order valence-electron chi connectivity index (χ0n) is 12.8. The van der Waals surface area contributed by atoms with E-state index in [1.165, 1.54) is 0 Å². The van der Waals surface area contributed by atoms with Crippen LogP contribution in [0.2, 0.25) is 0 Å². The van der Waals surface area contributed by atoms with Gasteiger partial charge in [0, 0.05) is 12.5 Å². The summed E-state index contributed by atoms with van der Waals surface area (Å²) in [5.41, 5.74) is 6.07. The average molecular weight is 315 g/mol. The van der Waals surface area contributed by atoms with E-state index in [9.17, 15) is 14.4 Å². The number of nitrogens with zero attached hydrogens (tertiary/aromatic N) is 1. The lowest BCUT2D eigenvalue weighted by molar-refractivity contribution is -0.137. The van der Waals surface area contributed by atoms with Gasteiger partial charge in [-0.15, -0.1) is 0 Å². The molecule has 0 aliphatic rings. The van der Waals surface area contributed by atoms with Crippen molar-refractivity contribution in [2.24, 2.45) is 5.73 Å². The van der Waals surface area contributed by atoms with E-state index >= 15 is 0 Å². The highest BCUT2D eigenvalue weighted by molar-refractivity contribution is 6.37. The van der Waals surface area contributed by atoms with Crippen LogP contribution >= 0.6 is 0 Å². The topological polar surface area (TPSA) is 115 Å². The highest BCUT2D eigenvalue weighted by Gasteiger charge is 2.27. The van der Waals surface area contributed by atoms with E-state index in [1.54, 1.807) is 26.0 Å². The minimum Gasteiger partial charge on any atom is -0.435 e. The number of aryl methyl sites for hydroxylation is 1. The van der Waals surface area contributed by atoms with Gasteiger partial charge in [0.25, 0.3) is 11.8 Å². The summed E-state index contributed by atoms with van der Waals surface area (Å²) in [5, 5.41) is 2.46.